The zero-order chi connectivity index (χ0) is 17.5. The van der Waals surface area contributed by atoms with Gasteiger partial charge in [0.1, 0.15) is 5.75 Å². The minimum absolute atomic E-state index is 0.156. The molecule has 5 nitrogen and oxygen atoms in total. The van der Waals surface area contributed by atoms with Crippen molar-refractivity contribution in [2.75, 3.05) is 33.9 Å². The maximum Gasteiger partial charge on any atom is 0.387 e. The Morgan fingerprint density at radius 2 is 2.33 bits per heavy atom. The monoisotopic (exact) mass is 405 g/mol. The molecule has 1 saturated heterocycles. The first-order valence-corrected chi connectivity index (χ1v) is 8.51. The van der Waals surface area contributed by atoms with Gasteiger partial charge in [-0.15, -0.1) is 0 Å². The molecule has 1 heterocycles. The van der Waals surface area contributed by atoms with Crippen molar-refractivity contribution in [1.29, 1.82) is 0 Å². The van der Waals surface area contributed by atoms with E-state index in [1.807, 2.05) is 11.9 Å². The fourth-order valence-corrected chi connectivity index (χ4v) is 3.07. The first-order valence-electron chi connectivity index (χ1n) is 7.72. The second kappa shape index (κ2) is 9.17. The van der Waals surface area contributed by atoms with E-state index in [1.165, 1.54) is 6.07 Å². The lowest BCUT2D eigenvalue weighted by atomic mass is 10.1. The molecule has 0 aromatic heterocycles. The number of nitrogens with one attached hydrogen (secondary N) is 1. The predicted molar refractivity (Wildman–Crippen MR) is 92.5 cm³/mol. The molecule has 1 atom stereocenters. The lowest BCUT2D eigenvalue weighted by Crippen LogP contribution is -2.41. The molecule has 0 spiro atoms. The van der Waals surface area contributed by atoms with Crippen LogP contribution in [0.1, 0.15) is 12.0 Å². The number of ether oxygens (including phenoxy) is 2. The summed E-state index contributed by atoms with van der Waals surface area (Å²) in [5.74, 6) is 1.34. The van der Waals surface area contributed by atoms with Crippen molar-refractivity contribution < 1.29 is 18.3 Å². The quantitative estimate of drug-likeness (QED) is 0.583. The minimum Gasteiger partial charge on any atom is -0.434 e. The number of hydrogen-bond acceptors (Lipinski definition) is 3. The third-order valence-electron chi connectivity index (χ3n) is 3.80. The molecule has 24 heavy (non-hydrogen) atoms. The van der Waals surface area contributed by atoms with Crippen LogP contribution in [0.4, 0.5) is 8.78 Å². The number of halogens is 3. The van der Waals surface area contributed by atoms with Crippen LogP contribution in [0.5, 0.6) is 5.75 Å². The zero-order valence-corrected chi connectivity index (χ0v) is 15.4. The molecule has 0 radical (unpaired) electrons. The molecule has 8 heteroatoms. The molecule has 0 aliphatic carbocycles. The number of guanidine groups is 1. The molecule has 1 N–H and O–H groups in total. The number of benzene rings is 1. The van der Waals surface area contributed by atoms with E-state index >= 15 is 0 Å². The molecule has 2 rings (SSSR count). The van der Waals surface area contributed by atoms with E-state index in [1.54, 1.807) is 19.2 Å². The zero-order valence-electron chi connectivity index (χ0n) is 13.8. The summed E-state index contributed by atoms with van der Waals surface area (Å²) in [5, 5.41) is 3.19. The molecular weight excluding hydrogens is 384 g/mol. The highest BCUT2D eigenvalue weighted by Gasteiger charge is 2.19. The van der Waals surface area contributed by atoms with Crippen molar-refractivity contribution in [3.63, 3.8) is 0 Å². The van der Waals surface area contributed by atoms with Crippen LogP contribution in [-0.4, -0.2) is 51.3 Å². The number of nitrogens with zero attached hydrogens (tertiary/aromatic N) is 2. The minimum atomic E-state index is -2.85. The van der Waals surface area contributed by atoms with E-state index in [0.717, 1.165) is 30.7 Å². The Morgan fingerprint density at radius 3 is 2.96 bits per heavy atom. The first kappa shape index (κ1) is 18.9. The highest BCUT2D eigenvalue weighted by atomic mass is 79.9. The Kier molecular flexibility index (Phi) is 7.23. The van der Waals surface area contributed by atoms with E-state index in [9.17, 15) is 8.78 Å². The molecule has 1 unspecified atom stereocenters. The van der Waals surface area contributed by atoms with Crippen LogP contribution in [-0.2, 0) is 11.3 Å². The summed E-state index contributed by atoms with van der Waals surface area (Å²) in [5.41, 5.74) is 0.628. The van der Waals surface area contributed by atoms with Crippen LogP contribution < -0.4 is 10.1 Å². The van der Waals surface area contributed by atoms with Crippen molar-refractivity contribution in [3.05, 3.63) is 28.2 Å². The SMILES string of the molecule is CN=C(NCc1cc(Br)ccc1OC(F)F)N(C)CC1CCOC1. The van der Waals surface area contributed by atoms with Crippen LogP contribution in [0.2, 0.25) is 0 Å². The third kappa shape index (κ3) is 5.59. The van der Waals surface area contributed by atoms with Gasteiger partial charge in [0, 0.05) is 49.7 Å². The standard InChI is InChI=1S/C16H22BrF2N3O2/c1-20-16(22(2)9-11-5-6-23-10-11)21-8-12-7-13(17)3-4-14(12)24-15(18)19/h3-4,7,11,15H,5-6,8-10H2,1-2H3,(H,20,21). The molecule has 0 amide bonds. The maximum atomic E-state index is 12.5. The smallest absolute Gasteiger partial charge is 0.387 e. The van der Waals surface area contributed by atoms with Crippen molar-refractivity contribution in [2.24, 2.45) is 10.9 Å². The van der Waals surface area contributed by atoms with Gasteiger partial charge in [0.05, 0.1) is 6.61 Å². The van der Waals surface area contributed by atoms with E-state index in [2.05, 4.69) is 31.0 Å². The maximum absolute atomic E-state index is 12.5. The molecule has 1 aliphatic rings. The predicted octanol–water partition coefficient (Wildman–Crippen LogP) is 3.09. The molecule has 1 fully saturated rings. The molecule has 1 aromatic rings. The van der Waals surface area contributed by atoms with Crippen LogP contribution in [0.3, 0.4) is 0 Å². The molecule has 134 valence electrons. The largest absolute Gasteiger partial charge is 0.434 e. The Hall–Kier alpha value is -1.41. The topological polar surface area (TPSA) is 46.1 Å². The van der Waals surface area contributed by atoms with Gasteiger partial charge in [-0.2, -0.15) is 8.78 Å². The Morgan fingerprint density at radius 1 is 1.54 bits per heavy atom. The lowest BCUT2D eigenvalue weighted by Gasteiger charge is -2.25. The highest BCUT2D eigenvalue weighted by Crippen LogP contribution is 2.24. The van der Waals surface area contributed by atoms with Gasteiger partial charge in [0.15, 0.2) is 5.96 Å². The second-order valence-corrected chi connectivity index (χ2v) is 6.56. The second-order valence-electron chi connectivity index (χ2n) is 5.64. The highest BCUT2D eigenvalue weighted by molar-refractivity contribution is 9.10. The number of hydrogen-bond donors (Lipinski definition) is 1. The van der Waals surface area contributed by atoms with Crippen molar-refractivity contribution in [1.82, 2.24) is 10.2 Å². The van der Waals surface area contributed by atoms with Crippen molar-refractivity contribution >= 4 is 21.9 Å². The normalized spacial score (nSPS) is 18.1. The summed E-state index contributed by atoms with van der Waals surface area (Å²) >= 11 is 3.35. The van der Waals surface area contributed by atoms with Crippen molar-refractivity contribution in [3.8, 4) is 5.75 Å². The van der Waals surface area contributed by atoms with E-state index in [-0.39, 0.29) is 5.75 Å². The van der Waals surface area contributed by atoms with Crippen molar-refractivity contribution in [2.45, 2.75) is 19.6 Å². The number of alkyl halides is 2. The summed E-state index contributed by atoms with van der Waals surface area (Å²) in [7, 11) is 3.65. The molecule has 1 aliphatic heterocycles. The Labute approximate surface area is 149 Å². The fraction of sp³-hybridized carbons (Fsp3) is 0.562. The Bertz CT molecular complexity index is 566. The average molecular weight is 406 g/mol. The summed E-state index contributed by atoms with van der Waals surface area (Å²) in [6.45, 7) is -0.122. The third-order valence-corrected chi connectivity index (χ3v) is 4.30. The Balaban J connectivity index is 1.98. The summed E-state index contributed by atoms with van der Waals surface area (Å²) < 4.78 is 35.8. The number of aliphatic imine (C=N–C) groups is 1. The lowest BCUT2D eigenvalue weighted by molar-refractivity contribution is -0.0504. The molecule has 1 aromatic carbocycles. The van der Waals surface area contributed by atoms with Gasteiger partial charge in [-0.25, -0.2) is 0 Å². The molecule has 0 bridgehead atoms. The van der Waals surface area contributed by atoms with Gasteiger partial charge in [-0.05, 0) is 24.6 Å². The van der Waals surface area contributed by atoms with Gasteiger partial charge >= 0.3 is 6.61 Å². The van der Waals surface area contributed by atoms with Crippen LogP contribution in [0.15, 0.2) is 27.7 Å². The molecule has 0 saturated carbocycles. The average Bonchev–Trinajstić information content (AvgIpc) is 3.03. The van der Waals surface area contributed by atoms with Gasteiger partial charge < -0.3 is 19.7 Å². The summed E-state index contributed by atoms with van der Waals surface area (Å²) in [6.07, 6.45) is 1.04. The van der Waals surface area contributed by atoms with Crippen LogP contribution >= 0.6 is 15.9 Å². The van der Waals surface area contributed by atoms with E-state index < -0.39 is 6.61 Å². The fourth-order valence-electron chi connectivity index (χ4n) is 2.66. The van der Waals surface area contributed by atoms with Gasteiger partial charge in [0.2, 0.25) is 0 Å². The van der Waals surface area contributed by atoms with Gasteiger partial charge in [0.25, 0.3) is 0 Å². The van der Waals surface area contributed by atoms with Gasteiger partial charge in [-0.3, -0.25) is 4.99 Å². The first-order chi connectivity index (χ1) is 11.5. The summed E-state index contributed by atoms with van der Waals surface area (Å²) in [6, 6.07) is 4.95. The number of rotatable bonds is 6. The summed E-state index contributed by atoms with van der Waals surface area (Å²) in [4.78, 5) is 6.27. The van der Waals surface area contributed by atoms with E-state index in [0.29, 0.717) is 24.0 Å². The molecular formula is C16H22BrF2N3O2. The van der Waals surface area contributed by atoms with Gasteiger partial charge in [-0.1, -0.05) is 15.9 Å². The van der Waals surface area contributed by atoms with Crippen LogP contribution in [0, 0.1) is 5.92 Å². The van der Waals surface area contributed by atoms with Crippen LogP contribution in [0.25, 0.3) is 0 Å². The van der Waals surface area contributed by atoms with E-state index in [4.69, 9.17) is 4.74 Å².